The lowest BCUT2D eigenvalue weighted by molar-refractivity contribution is 0.0624. The van der Waals surface area contributed by atoms with E-state index in [1.54, 1.807) is 24.3 Å². The van der Waals surface area contributed by atoms with Gasteiger partial charge in [-0.25, -0.2) is 0 Å². The molecule has 2 rings (SSSR count). The first kappa shape index (κ1) is 15.2. The Kier molecular flexibility index (Phi) is 5.06. The summed E-state index contributed by atoms with van der Waals surface area (Å²) < 4.78 is 11.1. The number of rotatable bonds is 6. The third-order valence-electron chi connectivity index (χ3n) is 3.10. The van der Waals surface area contributed by atoms with Crippen molar-refractivity contribution in [2.45, 2.75) is 20.0 Å². The average Bonchev–Trinajstić information content (AvgIpc) is 2.47. The number of nitrogen functional groups attached to an aromatic ring is 1. The van der Waals surface area contributed by atoms with Crippen LogP contribution in [0.3, 0.4) is 0 Å². The van der Waals surface area contributed by atoms with E-state index in [-0.39, 0.29) is 13.2 Å². The lowest BCUT2D eigenvalue weighted by atomic mass is 10.1. The first-order valence-electron chi connectivity index (χ1n) is 6.91. The lowest BCUT2D eigenvalue weighted by Crippen LogP contribution is -2.25. The standard InChI is InChI=1S/C17H21NO3/c1-12-3-4-13(2)17(9-12)21-11-15(19)10-20-16-7-5-14(18)6-8-16/h3-9,15,19H,10-11,18H2,1-2H3. The van der Waals surface area contributed by atoms with Gasteiger partial charge in [0.15, 0.2) is 0 Å². The van der Waals surface area contributed by atoms with E-state index in [9.17, 15) is 5.11 Å². The molecule has 0 radical (unpaired) electrons. The summed E-state index contributed by atoms with van der Waals surface area (Å²) in [6.07, 6.45) is -0.692. The van der Waals surface area contributed by atoms with Crippen LogP contribution in [0.2, 0.25) is 0 Å². The molecule has 0 heterocycles. The van der Waals surface area contributed by atoms with Gasteiger partial charge in [0.25, 0.3) is 0 Å². The van der Waals surface area contributed by atoms with Crippen LogP contribution in [0.4, 0.5) is 5.69 Å². The van der Waals surface area contributed by atoms with Gasteiger partial charge in [-0.3, -0.25) is 0 Å². The van der Waals surface area contributed by atoms with E-state index in [1.165, 1.54) is 0 Å². The third kappa shape index (κ3) is 4.68. The Morgan fingerprint density at radius 2 is 1.67 bits per heavy atom. The molecule has 2 aromatic carbocycles. The highest BCUT2D eigenvalue weighted by Gasteiger charge is 2.08. The van der Waals surface area contributed by atoms with Gasteiger partial charge in [0, 0.05) is 5.69 Å². The van der Waals surface area contributed by atoms with Gasteiger partial charge in [-0.05, 0) is 55.3 Å². The molecule has 0 aromatic heterocycles. The van der Waals surface area contributed by atoms with Crippen LogP contribution in [0.1, 0.15) is 11.1 Å². The van der Waals surface area contributed by atoms with Crippen molar-refractivity contribution in [3.05, 3.63) is 53.6 Å². The van der Waals surface area contributed by atoms with Crippen LogP contribution in [0, 0.1) is 13.8 Å². The summed E-state index contributed by atoms with van der Waals surface area (Å²) in [6, 6.07) is 13.1. The molecule has 1 unspecified atom stereocenters. The second-order valence-corrected chi connectivity index (χ2v) is 5.11. The van der Waals surface area contributed by atoms with Gasteiger partial charge in [0.2, 0.25) is 0 Å². The molecule has 0 saturated heterocycles. The number of hydrogen-bond donors (Lipinski definition) is 2. The maximum Gasteiger partial charge on any atom is 0.122 e. The van der Waals surface area contributed by atoms with Gasteiger partial charge in [0.1, 0.15) is 30.8 Å². The summed E-state index contributed by atoms with van der Waals surface area (Å²) in [5, 5.41) is 9.91. The molecule has 0 bridgehead atoms. The van der Waals surface area contributed by atoms with E-state index in [2.05, 4.69) is 0 Å². The van der Waals surface area contributed by atoms with Gasteiger partial charge >= 0.3 is 0 Å². The van der Waals surface area contributed by atoms with Crippen LogP contribution in [-0.4, -0.2) is 24.4 Å². The Hall–Kier alpha value is -2.20. The molecule has 0 aliphatic rings. The highest BCUT2D eigenvalue weighted by atomic mass is 16.5. The van der Waals surface area contributed by atoms with Gasteiger partial charge in [-0.1, -0.05) is 12.1 Å². The zero-order valence-electron chi connectivity index (χ0n) is 12.4. The molecule has 0 fully saturated rings. The van der Waals surface area contributed by atoms with Gasteiger partial charge in [-0.15, -0.1) is 0 Å². The SMILES string of the molecule is Cc1ccc(C)c(OCC(O)COc2ccc(N)cc2)c1. The number of anilines is 1. The minimum absolute atomic E-state index is 0.175. The number of benzene rings is 2. The topological polar surface area (TPSA) is 64.7 Å². The number of ether oxygens (including phenoxy) is 2. The largest absolute Gasteiger partial charge is 0.491 e. The zero-order valence-corrected chi connectivity index (χ0v) is 12.4. The first-order chi connectivity index (χ1) is 10.0. The minimum Gasteiger partial charge on any atom is -0.491 e. The van der Waals surface area contributed by atoms with E-state index in [0.29, 0.717) is 11.4 Å². The van der Waals surface area contributed by atoms with Crippen molar-refractivity contribution >= 4 is 5.69 Å². The predicted molar refractivity (Wildman–Crippen MR) is 83.8 cm³/mol. The summed E-state index contributed by atoms with van der Waals surface area (Å²) >= 11 is 0. The first-order valence-corrected chi connectivity index (χ1v) is 6.91. The van der Waals surface area contributed by atoms with Crippen molar-refractivity contribution in [2.75, 3.05) is 18.9 Å². The molecule has 0 saturated carbocycles. The maximum absolute atomic E-state index is 9.91. The smallest absolute Gasteiger partial charge is 0.122 e. The van der Waals surface area contributed by atoms with E-state index in [1.807, 2.05) is 32.0 Å². The van der Waals surface area contributed by atoms with Crippen molar-refractivity contribution in [3.63, 3.8) is 0 Å². The molecule has 0 aliphatic heterocycles. The average molecular weight is 287 g/mol. The van der Waals surface area contributed by atoms with Crippen LogP contribution in [0.25, 0.3) is 0 Å². The summed E-state index contributed by atoms with van der Waals surface area (Å²) in [7, 11) is 0. The van der Waals surface area contributed by atoms with Gasteiger partial charge in [0.05, 0.1) is 0 Å². The highest BCUT2D eigenvalue weighted by molar-refractivity contribution is 5.41. The third-order valence-corrected chi connectivity index (χ3v) is 3.10. The van der Waals surface area contributed by atoms with Crippen LogP contribution in [0.15, 0.2) is 42.5 Å². The zero-order chi connectivity index (χ0) is 15.2. The maximum atomic E-state index is 9.91. The number of aryl methyl sites for hydroxylation is 2. The minimum atomic E-state index is -0.692. The second-order valence-electron chi connectivity index (χ2n) is 5.11. The number of aliphatic hydroxyl groups is 1. The second kappa shape index (κ2) is 6.99. The lowest BCUT2D eigenvalue weighted by Gasteiger charge is -2.15. The Balaban J connectivity index is 1.80. The number of nitrogens with two attached hydrogens (primary N) is 1. The summed E-state index contributed by atoms with van der Waals surface area (Å²) in [6.45, 7) is 4.35. The van der Waals surface area contributed by atoms with E-state index < -0.39 is 6.10 Å². The Morgan fingerprint density at radius 1 is 1.00 bits per heavy atom. The Labute approximate surface area is 125 Å². The van der Waals surface area contributed by atoms with Crippen molar-refractivity contribution in [2.24, 2.45) is 0 Å². The fourth-order valence-electron chi connectivity index (χ4n) is 1.85. The molecule has 0 aliphatic carbocycles. The van der Waals surface area contributed by atoms with E-state index >= 15 is 0 Å². The molecule has 4 nitrogen and oxygen atoms in total. The van der Waals surface area contributed by atoms with Crippen LogP contribution in [-0.2, 0) is 0 Å². The molecule has 112 valence electrons. The summed E-state index contributed by atoms with van der Waals surface area (Å²) in [5.74, 6) is 1.47. The predicted octanol–water partition coefficient (Wildman–Crippen LogP) is 2.70. The van der Waals surface area contributed by atoms with Gasteiger partial charge < -0.3 is 20.3 Å². The Bertz CT molecular complexity index is 581. The van der Waals surface area contributed by atoms with Crippen LogP contribution >= 0.6 is 0 Å². The monoisotopic (exact) mass is 287 g/mol. The molecular weight excluding hydrogens is 266 g/mol. The molecule has 0 amide bonds. The van der Waals surface area contributed by atoms with Gasteiger partial charge in [-0.2, -0.15) is 0 Å². The van der Waals surface area contributed by atoms with Crippen molar-refractivity contribution in [1.82, 2.24) is 0 Å². The summed E-state index contributed by atoms with van der Waals surface area (Å²) in [4.78, 5) is 0. The molecule has 0 spiro atoms. The van der Waals surface area contributed by atoms with E-state index in [0.717, 1.165) is 16.9 Å². The van der Waals surface area contributed by atoms with Crippen LogP contribution < -0.4 is 15.2 Å². The summed E-state index contributed by atoms with van der Waals surface area (Å²) in [5.41, 5.74) is 8.45. The fourth-order valence-corrected chi connectivity index (χ4v) is 1.85. The van der Waals surface area contributed by atoms with Crippen LogP contribution in [0.5, 0.6) is 11.5 Å². The van der Waals surface area contributed by atoms with Crippen molar-refractivity contribution < 1.29 is 14.6 Å². The molecule has 21 heavy (non-hydrogen) atoms. The number of hydrogen-bond acceptors (Lipinski definition) is 4. The molecular formula is C17H21NO3. The van der Waals surface area contributed by atoms with Crippen molar-refractivity contribution in [3.8, 4) is 11.5 Å². The quantitative estimate of drug-likeness (QED) is 0.802. The van der Waals surface area contributed by atoms with E-state index in [4.69, 9.17) is 15.2 Å². The normalized spacial score (nSPS) is 12.0. The highest BCUT2D eigenvalue weighted by Crippen LogP contribution is 2.19. The molecule has 4 heteroatoms. The molecule has 2 aromatic rings. The molecule has 1 atom stereocenters. The molecule has 3 N–H and O–H groups in total. The number of aliphatic hydroxyl groups excluding tert-OH is 1. The fraction of sp³-hybridized carbons (Fsp3) is 0.294. The Morgan fingerprint density at radius 3 is 2.38 bits per heavy atom. The van der Waals surface area contributed by atoms with Crippen molar-refractivity contribution in [1.29, 1.82) is 0 Å².